The minimum atomic E-state index is -4.31. The molecule has 0 bridgehead atoms. The third-order valence-electron chi connectivity index (χ3n) is 8.27. The first-order chi connectivity index (χ1) is 21.8. The number of benzene rings is 2. The number of carbonyl (C=O) groups is 2. The number of likely N-dealkylation sites (N-methyl/N-ethyl adjacent to an activating group) is 1. The Morgan fingerprint density at radius 3 is 2.37 bits per heavy atom. The number of anilines is 3. The van der Waals surface area contributed by atoms with Crippen molar-refractivity contribution in [1.82, 2.24) is 19.4 Å². The first-order valence-electron chi connectivity index (χ1n) is 14.6. The van der Waals surface area contributed by atoms with Gasteiger partial charge in [0.05, 0.1) is 21.0 Å². The third-order valence-corrected chi connectivity index (χ3v) is 10.9. The summed E-state index contributed by atoms with van der Waals surface area (Å²) in [6, 6.07) is 10.9. The molecule has 2 amide bonds. The van der Waals surface area contributed by atoms with Crippen molar-refractivity contribution < 1.29 is 26.8 Å². The van der Waals surface area contributed by atoms with Gasteiger partial charge in [-0.05, 0) is 48.8 Å². The highest BCUT2D eigenvalue weighted by molar-refractivity contribution is 7.89. The quantitative estimate of drug-likeness (QED) is 0.265. The largest absolute Gasteiger partial charge is 0.369 e. The van der Waals surface area contributed by atoms with Gasteiger partial charge < -0.3 is 20.4 Å². The molecule has 6 rings (SSSR count). The van der Waals surface area contributed by atoms with Crippen LogP contribution < -0.4 is 15.5 Å². The summed E-state index contributed by atoms with van der Waals surface area (Å²) in [5.74, 6) is -2.82. The molecular weight excluding hydrogens is 637 g/mol. The zero-order valence-corrected chi connectivity index (χ0v) is 27.1. The number of hydrogen-bond donors (Lipinski definition) is 3. The Bertz CT molecular complexity index is 1880. The van der Waals surface area contributed by atoms with E-state index in [0.29, 0.717) is 27.9 Å². The zero-order chi connectivity index (χ0) is 32.8. The maximum absolute atomic E-state index is 14.0. The second-order valence-corrected chi connectivity index (χ2v) is 15.0. The predicted molar refractivity (Wildman–Crippen MR) is 172 cm³/mol. The Kier molecular flexibility index (Phi) is 8.43. The van der Waals surface area contributed by atoms with Crippen LogP contribution in [0.3, 0.4) is 0 Å². The van der Waals surface area contributed by atoms with Crippen LogP contribution in [0.5, 0.6) is 0 Å². The Morgan fingerprint density at radius 2 is 1.70 bits per heavy atom. The number of aromatic amines is 1. The fourth-order valence-electron chi connectivity index (χ4n) is 5.79. The molecular formula is C31H33F2N7O4S2. The van der Waals surface area contributed by atoms with Crippen molar-refractivity contribution in [2.24, 2.45) is 0 Å². The molecule has 2 aliphatic rings. The van der Waals surface area contributed by atoms with Crippen LogP contribution in [-0.2, 0) is 22.0 Å². The number of halogens is 2. The van der Waals surface area contributed by atoms with Crippen molar-refractivity contribution in [2.45, 2.75) is 30.7 Å². The summed E-state index contributed by atoms with van der Waals surface area (Å²) in [5.41, 5.74) is 1.62. The summed E-state index contributed by atoms with van der Waals surface area (Å²) in [6.45, 7) is 6.74. The molecule has 1 fully saturated rings. The Labute approximate surface area is 269 Å². The second-order valence-electron chi connectivity index (χ2n) is 12.1. The van der Waals surface area contributed by atoms with Gasteiger partial charge in [-0.1, -0.05) is 19.9 Å². The number of carbonyl (C=O) groups excluding carboxylic acids is 2. The summed E-state index contributed by atoms with van der Waals surface area (Å²) < 4.78 is 56.1. The molecule has 2 aliphatic heterocycles. The monoisotopic (exact) mass is 669 g/mol. The van der Waals surface area contributed by atoms with Gasteiger partial charge in [-0.2, -0.15) is 9.40 Å². The van der Waals surface area contributed by atoms with E-state index in [4.69, 9.17) is 0 Å². The molecule has 0 spiro atoms. The van der Waals surface area contributed by atoms with E-state index in [1.54, 1.807) is 43.5 Å². The fraction of sp³-hybridized carbons (Fsp3) is 0.323. The van der Waals surface area contributed by atoms with Crippen molar-refractivity contribution >= 4 is 50.4 Å². The fourth-order valence-corrected chi connectivity index (χ4v) is 8.02. The number of thiophene rings is 1. The SMILES string of the molecule is CN1CCN(c2ccc(C(=O)Nc3n[nH]c4c3CN(S(=O)(=O)c3cc(F)cc(F)c3)CC4(C)C)c(NC(=O)c3cccs3)c2)CC1. The number of amides is 2. The number of hydrogen-bond acceptors (Lipinski definition) is 8. The third kappa shape index (κ3) is 6.27. The van der Waals surface area contributed by atoms with Crippen molar-refractivity contribution in [3.63, 3.8) is 0 Å². The molecule has 0 unspecified atom stereocenters. The van der Waals surface area contributed by atoms with Crippen LogP contribution in [0, 0.1) is 11.6 Å². The number of fused-ring (bicyclic) bond motifs is 1. The van der Waals surface area contributed by atoms with Crippen LogP contribution in [-0.4, -0.2) is 79.4 Å². The van der Waals surface area contributed by atoms with E-state index in [-0.39, 0.29) is 30.4 Å². The van der Waals surface area contributed by atoms with Crippen LogP contribution in [0.25, 0.3) is 0 Å². The normalized spacial score (nSPS) is 17.0. The molecule has 2 aromatic heterocycles. The highest BCUT2D eigenvalue weighted by Crippen LogP contribution is 2.38. The Hall–Kier alpha value is -4.18. The van der Waals surface area contributed by atoms with E-state index in [1.807, 2.05) is 6.07 Å². The molecule has 46 heavy (non-hydrogen) atoms. The van der Waals surface area contributed by atoms with E-state index < -0.39 is 37.9 Å². The van der Waals surface area contributed by atoms with Crippen LogP contribution in [0.2, 0.25) is 0 Å². The number of sulfonamides is 1. The Balaban J connectivity index is 1.30. The molecule has 3 N–H and O–H groups in total. The van der Waals surface area contributed by atoms with Gasteiger partial charge in [0.15, 0.2) is 5.82 Å². The number of H-pyrrole nitrogens is 1. The molecule has 4 aromatic rings. The molecule has 0 atom stereocenters. The molecule has 0 aliphatic carbocycles. The average molecular weight is 670 g/mol. The number of nitrogens with one attached hydrogen (secondary N) is 3. The van der Waals surface area contributed by atoms with Gasteiger partial charge in [0.1, 0.15) is 11.6 Å². The van der Waals surface area contributed by atoms with E-state index in [0.717, 1.165) is 48.3 Å². The highest BCUT2D eigenvalue weighted by atomic mass is 32.2. The van der Waals surface area contributed by atoms with Gasteiger partial charge in [0.2, 0.25) is 10.0 Å². The van der Waals surface area contributed by atoms with Gasteiger partial charge in [0.25, 0.3) is 11.8 Å². The van der Waals surface area contributed by atoms with Gasteiger partial charge in [-0.25, -0.2) is 17.2 Å². The maximum atomic E-state index is 14.0. The highest BCUT2D eigenvalue weighted by Gasteiger charge is 2.41. The lowest BCUT2D eigenvalue weighted by Gasteiger charge is -2.36. The van der Waals surface area contributed by atoms with E-state index in [9.17, 15) is 26.8 Å². The number of nitrogens with zero attached hydrogens (tertiary/aromatic N) is 4. The number of piperazine rings is 1. The first kappa shape index (κ1) is 31.8. The van der Waals surface area contributed by atoms with Gasteiger partial charge in [-0.3, -0.25) is 14.7 Å². The van der Waals surface area contributed by atoms with Crippen molar-refractivity contribution in [1.29, 1.82) is 0 Å². The molecule has 15 heteroatoms. The topological polar surface area (TPSA) is 131 Å². The van der Waals surface area contributed by atoms with Crippen LogP contribution in [0.1, 0.15) is 45.1 Å². The molecule has 2 aromatic carbocycles. The minimum absolute atomic E-state index is 0.00268. The standard InChI is InChI=1S/C31H33F2N7O4S2/c1-31(2)18-40(46(43,44)22-14-19(32)13-20(33)15-22)17-24-27(31)36-37-28(24)35-29(41)23-7-6-21(39-10-8-38(3)9-11-39)16-25(23)34-30(42)26-5-4-12-45-26/h4-7,12-16H,8-11,17-18H2,1-3H3,(H,34,42)(H2,35,36,37,41). The van der Waals surface area contributed by atoms with Gasteiger partial charge in [0, 0.05) is 67.7 Å². The lowest BCUT2D eigenvalue weighted by molar-refractivity contribution is 0.102. The maximum Gasteiger partial charge on any atom is 0.265 e. The summed E-state index contributed by atoms with van der Waals surface area (Å²) in [7, 11) is -2.25. The lowest BCUT2D eigenvalue weighted by atomic mass is 9.84. The van der Waals surface area contributed by atoms with E-state index in [2.05, 4.69) is 37.7 Å². The average Bonchev–Trinajstić information content (AvgIpc) is 3.68. The second kappa shape index (κ2) is 12.2. The minimum Gasteiger partial charge on any atom is -0.369 e. The molecule has 0 saturated carbocycles. The first-order valence-corrected chi connectivity index (χ1v) is 16.9. The molecule has 4 heterocycles. The predicted octanol–water partition coefficient (Wildman–Crippen LogP) is 4.49. The van der Waals surface area contributed by atoms with E-state index in [1.165, 1.54) is 11.3 Å². The van der Waals surface area contributed by atoms with Gasteiger partial charge >= 0.3 is 0 Å². The van der Waals surface area contributed by atoms with Crippen LogP contribution in [0.4, 0.5) is 26.0 Å². The molecule has 0 radical (unpaired) electrons. The van der Waals surface area contributed by atoms with Crippen LogP contribution >= 0.6 is 11.3 Å². The summed E-state index contributed by atoms with van der Waals surface area (Å²) in [5, 5.41) is 14.7. The zero-order valence-electron chi connectivity index (χ0n) is 25.4. The summed E-state index contributed by atoms with van der Waals surface area (Å²) >= 11 is 1.28. The lowest BCUT2D eigenvalue weighted by Crippen LogP contribution is -2.45. The molecule has 1 saturated heterocycles. The summed E-state index contributed by atoms with van der Waals surface area (Å²) in [4.78, 5) is 31.3. The Morgan fingerprint density at radius 1 is 0.978 bits per heavy atom. The molecule has 242 valence electrons. The smallest absolute Gasteiger partial charge is 0.265 e. The molecule has 11 nitrogen and oxygen atoms in total. The summed E-state index contributed by atoms with van der Waals surface area (Å²) in [6.07, 6.45) is 0. The number of aromatic nitrogens is 2. The van der Waals surface area contributed by atoms with Crippen molar-refractivity contribution in [3.05, 3.63) is 87.2 Å². The van der Waals surface area contributed by atoms with Crippen molar-refractivity contribution in [2.75, 3.05) is 55.3 Å². The van der Waals surface area contributed by atoms with E-state index >= 15 is 0 Å². The van der Waals surface area contributed by atoms with Crippen molar-refractivity contribution in [3.8, 4) is 0 Å². The van der Waals surface area contributed by atoms with Gasteiger partial charge in [-0.15, -0.1) is 11.3 Å². The van der Waals surface area contributed by atoms with Crippen LogP contribution in [0.15, 0.2) is 58.8 Å². The number of rotatable bonds is 7.